The quantitative estimate of drug-likeness (QED) is 0.0789. The number of nitro groups is 1. The lowest BCUT2D eigenvalue weighted by atomic mass is 9.93. The predicted molar refractivity (Wildman–Crippen MR) is 189 cm³/mol. The smallest absolute Gasteiger partial charge is 0.355 e. The number of carbonyl (C=O) groups is 4. The summed E-state index contributed by atoms with van der Waals surface area (Å²) in [5.74, 6) is -2.97. The number of non-ortho nitro benzene ring substituents is 1. The molecule has 0 radical (unpaired) electrons. The van der Waals surface area contributed by atoms with Gasteiger partial charge in [-0.15, -0.1) is 11.3 Å². The summed E-state index contributed by atoms with van der Waals surface area (Å²) in [7, 11) is 1.90. The number of aromatic nitrogens is 1. The van der Waals surface area contributed by atoms with Crippen LogP contribution in [-0.4, -0.2) is 93.7 Å². The van der Waals surface area contributed by atoms with Crippen LogP contribution < -0.4 is 5.32 Å². The first-order valence-corrected chi connectivity index (χ1v) is 18.2. The number of esters is 1. The lowest BCUT2D eigenvalue weighted by Gasteiger charge is -2.39. The van der Waals surface area contributed by atoms with E-state index < -0.39 is 41.0 Å². The van der Waals surface area contributed by atoms with Crippen molar-refractivity contribution in [2.45, 2.75) is 104 Å². The minimum atomic E-state index is -1.22. The molecule has 16 heteroatoms. The number of ether oxygens (including phenoxy) is 2. The van der Waals surface area contributed by atoms with Crippen molar-refractivity contribution in [2.75, 3.05) is 26.8 Å². The number of carbonyl (C=O) groups excluding carboxylic acids is 3. The molecule has 0 saturated carbocycles. The number of likely N-dealkylation sites (tertiary alicyclic amines) is 1. The van der Waals surface area contributed by atoms with Gasteiger partial charge in [-0.2, -0.15) is 0 Å². The molecule has 282 valence electrons. The van der Waals surface area contributed by atoms with Gasteiger partial charge in [-0.1, -0.05) is 40.5 Å². The molecule has 5 atom stereocenters. The molecule has 1 aliphatic rings. The summed E-state index contributed by atoms with van der Waals surface area (Å²) in [4.78, 5) is 74.9. The van der Waals surface area contributed by atoms with Crippen LogP contribution in [0, 0.1) is 22.0 Å². The molecular formula is C35H51N5O10S. The molecule has 15 nitrogen and oxygen atoms in total. The Morgan fingerprint density at radius 2 is 1.86 bits per heavy atom. The van der Waals surface area contributed by atoms with Crippen molar-refractivity contribution in [2.24, 2.45) is 11.8 Å². The first kappa shape index (κ1) is 41.4. The van der Waals surface area contributed by atoms with E-state index in [-0.39, 0.29) is 66.4 Å². The standard InChI is InChI=1S/C35H51N5O10S/c1-7-23(4)31(37-32(42)28-11-8-9-16-38(28)6)34(43)39(49-18-10-17-48-20-25-12-14-26(15-13-25)40(46)47)29(22(2)3)19-30(50-24(5)41)33-36-27(21-51-33)35(44)45/h12-15,21-23,28-31H,7-11,16-20H2,1-6H3,(H,37,42)(H,44,45)/t23?,28-,29?,30?,31?/m1/s1. The molecule has 2 aromatic rings. The number of carboxylic acid groups (broad SMARTS) is 1. The van der Waals surface area contributed by atoms with Gasteiger partial charge in [0, 0.05) is 37.5 Å². The van der Waals surface area contributed by atoms with Crippen LogP contribution in [0.5, 0.6) is 0 Å². The molecule has 0 spiro atoms. The topological polar surface area (TPSA) is 191 Å². The fourth-order valence-corrected chi connectivity index (χ4v) is 6.65. The van der Waals surface area contributed by atoms with Crippen molar-refractivity contribution in [3.63, 3.8) is 0 Å². The average molecular weight is 734 g/mol. The van der Waals surface area contributed by atoms with E-state index in [2.05, 4.69) is 10.3 Å². The highest BCUT2D eigenvalue weighted by Crippen LogP contribution is 2.32. The number of piperidine rings is 1. The number of nitrogens with zero attached hydrogens (tertiary/aromatic N) is 4. The minimum Gasteiger partial charge on any atom is -0.476 e. The van der Waals surface area contributed by atoms with Crippen molar-refractivity contribution in [3.05, 3.63) is 56.0 Å². The number of nitrogens with one attached hydrogen (secondary N) is 1. The number of amides is 2. The highest BCUT2D eigenvalue weighted by Gasteiger charge is 2.39. The summed E-state index contributed by atoms with van der Waals surface area (Å²) in [5, 5.41) is 26.4. The van der Waals surface area contributed by atoms with Crippen molar-refractivity contribution in [3.8, 4) is 0 Å². The van der Waals surface area contributed by atoms with Crippen LogP contribution in [0.15, 0.2) is 29.6 Å². The molecule has 1 fully saturated rings. The van der Waals surface area contributed by atoms with Gasteiger partial charge < -0.3 is 19.9 Å². The van der Waals surface area contributed by atoms with Gasteiger partial charge in [0.25, 0.3) is 11.6 Å². The lowest BCUT2D eigenvalue weighted by Crippen LogP contribution is -2.58. The summed E-state index contributed by atoms with van der Waals surface area (Å²) in [6.07, 6.45) is 2.67. The summed E-state index contributed by atoms with van der Waals surface area (Å²) in [6, 6.07) is 4.11. The monoisotopic (exact) mass is 733 g/mol. The fraction of sp³-hybridized carbons (Fsp3) is 0.629. The third-order valence-corrected chi connectivity index (χ3v) is 9.93. The van der Waals surface area contributed by atoms with E-state index in [1.807, 2.05) is 39.6 Å². The molecule has 1 saturated heterocycles. The predicted octanol–water partition coefficient (Wildman–Crippen LogP) is 5.15. The van der Waals surface area contributed by atoms with E-state index in [0.29, 0.717) is 19.3 Å². The van der Waals surface area contributed by atoms with E-state index in [4.69, 9.17) is 14.3 Å². The van der Waals surface area contributed by atoms with Gasteiger partial charge in [-0.3, -0.25) is 34.2 Å². The number of likely N-dealkylation sites (N-methyl/N-ethyl adjacent to an activating group) is 1. The first-order valence-electron chi connectivity index (χ1n) is 17.4. The molecular weight excluding hydrogens is 682 g/mol. The number of benzene rings is 1. The van der Waals surface area contributed by atoms with Gasteiger partial charge in [0.05, 0.1) is 30.2 Å². The number of rotatable bonds is 20. The summed E-state index contributed by atoms with van der Waals surface area (Å²) >= 11 is 1.04. The van der Waals surface area contributed by atoms with Gasteiger partial charge in [-0.25, -0.2) is 14.8 Å². The van der Waals surface area contributed by atoms with Gasteiger partial charge in [-0.05, 0) is 62.4 Å². The highest BCUT2D eigenvalue weighted by atomic mass is 32.1. The minimum absolute atomic E-state index is 0.0117. The van der Waals surface area contributed by atoms with E-state index in [1.54, 1.807) is 12.1 Å². The summed E-state index contributed by atoms with van der Waals surface area (Å²) in [5.41, 5.74) is 0.569. The number of hydroxylamine groups is 2. The first-order chi connectivity index (χ1) is 24.2. The molecule has 3 rings (SSSR count). The third kappa shape index (κ3) is 12.3. The van der Waals surface area contributed by atoms with Crippen molar-refractivity contribution in [1.29, 1.82) is 0 Å². The molecule has 0 bridgehead atoms. The van der Waals surface area contributed by atoms with Gasteiger partial charge in [0.1, 0.15) is 11.0 Å². The van der Waals surface area contributed by atoms with E-state index >= 15 is 0 Å². The van der Waals surface area contributed by atoms with Gasteiger partial charge >= 0.3 is 11.9 Å². The molecule has 2 amide bonds. The second-order valence-electron chi connectivity index (χ2n) is 13.2. The second-order valence-corrected chi connectivity index (χ2v) is 14.1. The maximum Gasteiger partial charge on any atom is 0.355 e. The lowest BCUT2D eigenvalue weighted by molar-refractivity contribution is -0.384. The Kier molecular flexibility index (Phi) is 16.4. The summed E-state index contributed by atoms with van der Waals surface area (Å²) < 4.78 is 11.4. The third-order valence-electron chi connectivity index (χ3n) is 9.00. The molecule has 0 aliphatic carbocycles. The van der Waals surface area contributed by atoms with Crippen molar-refractivity contribution < 1.29 is 43.5 Å². The zero-order valence-corrected chi connectivity index (χ0v) is 31.1. The number of nitro benzene ring substituents is 1. The number of carboxylic acids is 1. The molecule has 4 unspecified atom stereocenters. The highest BCUT2D eigenvalue weighted by molar-refractivity contribution is 7.09. The van der Waals surface area contributed by atoms with Crippen molar-refractivity contribution >= 4 is 40.8 Å². The molecule has 2 N–H and O–H groups in total. The van der Waals surface area contributed by atoms with Crippen LogP contribution in [-0.2, 0) is 35.3 Å². The van der Waals surface area contributed by atoms with Crippen LogP contribution in [0.1, 0.15) is 100 Å². The number of hydrogen-bond donors (Lipinski definition) is 2. The van der Waals surface area contributed by atoms with E-state index in [1.165, 1.54) is 29.5 Å². The van der Waals surface area contributed by atoms with Gasteiger partial charge in [0.2, 0.25) is 5.91 Å². The molecule has 2 heterocycles. The Balaban J connectivity index is 1.85. The zero-order valence-electron chi connectivity index (χ0n) is 30.2. The Morgan fingerprint density at radius 3 is 2.43 bits per heavy atom. The Hall–Kier alpha value is -3.99. The molecule has 1 aliphatic heterocycles. The van der Waals surface area contributed by atoms with Gasteiger partial charge in [0.15, 0.2) is 11.8 Å². The number of aromatic carboxylic acids is 1. The molecule has 1 aromatic heterocycles. The molecule has 1 aromatic carbocycles. The second kappa shape index (κ2) is 20.2. The van der Waals surface area contributed by atoms with Crippen LogP contribution in [0.2, 0.25) is 0 Å². The van der Waals surface area contributed by atoms with E-state index in [0.717, 1.165) is 36.3 Å². The SMILES string of the molecule is CCC(C)C(NC(=O)[C@H]1CCCCN1C)C(=O)N(OCCCOCc1ccc([N+](=O)[O-])cc1)C(CC(OC(C)=O)c1nc(C(=O)O)cs1)C(C)C. The fourth-order valence-electron chi connectivity index (χ4n) is 5.82. The summed E-state index contributed by atoms with van der Waals surface area (Å²) in [6.45, 7) is 10.2. The molecule has 51 heavy (non-hydrogen) atoms. The Bertz CT molecular complexity index is 1470. The Morgan fingerprint density at radius 1 is 1.16 bits per heavy atom. The average Bonchev–Trinajstić information content (AvgIpc) is 3.59. The Labute approximate surface area is 302 Å². The van der Waals surface area contributed by atoms with Crippen LogP contribution in [0.25, 0.3) is 0 Å². The van der Waals surface area contributed by atoms with Crippen LogP contribution >= 0.6 is 11.3 Å². The normalized spacial score (nSPS) is 17.3. The zero-order chi connectivity index (χ0) is 37.7. The van der Waals surface area contributed by atoms with Crippen LogP contribution in [0.3, 0.4) is 0 Å². The van der Waals surface area contributed by atoms with E-state index in [9.17, 15) is 34.4 Å². The largest absolute Gasteiger partial charge is 0.476 e. The van der Waals surface area contributed by atoms with Crippen LogP contribution in [0.4, 0.5) is 5.69 Å². The maximum atomic E-state index is 14.6. The maximum absolute atomic E-state index is 14.6. The number of hydrogen-bond acceptors (Lipinski definition) is 12. The number of thiazole rings is 1. The van der Waals surface area contributed by atoms with Crippen molar-refractivity contribution in [1.82, 2.24) is 20.3 Å².